The fraction of sp³-hybridized carbons (Fsp3) is 0.300. The van der Waals surface area contributed by atoms with Crippen molar-refractivity contribution < 1.29 is 44.6 Å². The van der Waals surface area contributed by atoms with Crippen LogP contribution in [0.2, 0.25) is 0 Å². The molecule has 0 radical (unpaired) electrons. The second kappa shape index (κ2) is 18.9. The van der Waals surface area contributed by atoms with Gasteiger partial charge in [-0.1, -0.05) is 42.7 Å². The van der Waals surface area contributed by atoms with E-state index in [1.165, 1.54) is 36.4 Å². The van der Waals surface area contributed by atoms with E-state index in [1.54, 1.807) is 0 Å². The predicted molar refractivity (Wildman–Crippen MR) is 176 cm³/mol. The maximum absolute atomic E-state index is 14.5. The lowest BCUT2D eigenvalue weighted by atomic mass is 10.0. The van der Waals surface area contributed by atoms with Gasteiger partial charge in [0.2, 0.25) is 0 Å². The van der Waals surface area contributed by atoms with Crippen LogP contribution < -0.4 is 0 Å². The number of unbranched alkanes of at least 4 members (excludes halogenated alkanes) is 4. The molecule has 0 unspecified atom stereocenters. The first-order valence-electron chi connectivity index (χ1n) is 16.1. The summed E-state index contributed by atoms with van der Waals surface area (Å²) in [6, 6.07) is 11.1. The highest BCUT2D eigenvalue weighted by Crippen LogP contribution is 2.28. The first-order chi connectivity index (χ1) is 24.0. The molecule has 4 aromatic rings. The Kier molecular flexibility index (Phi) is 14.5. The molecule has 0 N–H and O–H groups in total. The molecule has 50 heavy (non-hydrogen) atoms. The molecule has 0 aromatic heterocycles. The lowest BCUT2D eigenvalue weighted by Crippen LogP contribution is -2.14. The molecule has 0 aliphatic carbocycles. The van der Waals surface area contributed by atoms with Gasteiger partial charge in [-0.25, -0.2) is 35.1 Å². The summed E-state index contributed by atoms with van der Waals surface area (Å²) >= 11 is 0. The fourth-order valence-electron chi connectivity index (χ4n) is 4.86. The lowest BCUT2D eigenvalue weighted by molar-refractivity contribution is 0.0437. The van der Waals surface area contributed by atoms with E-state index in [1.807, 2.05) is 6.92 Å². The number of halogens is 8. The van der Waals surface area contributed by atoms with Crippen molar-refractivity contribution in [2.45, 2.75) is 45.4 Å². The Labute approximate surface area is 286 Å². The molecule has 0 fully saturated rings. The van der Waals surface area contributed by atoms with Crippen LogP contribution in [-0.4, -0.2) is 26.4 Å². The zero-order chi connectivity index (χ0) is 36.0. The SMILES string of the molecule is CC(COCCCCC#Cc1ccc(-c2cc(F)c(F)c(F)c2)c(F)c1)COCCCCC#Cc1ccc(-c2cc(F)c(F)c(F)c2)c(F)c1. The minimum Gasteiger partial charge on any atom is -0.381 e. The van der Waals surface area contributed by atoms with Gasteiger partial charge in [0.05, 0.1) is 13.2 Å². The molecule has 0 heterocycles. The van der Waals surface area contributed by atoms with Crippen LogP contribution in [0, 0.1) is 76.1 Å². The van der Waals surface area contributed by atoms with Crippen molar-refractivity contribution in [3.63, 3.8) is 0 Å². The van der Waals surface area contributed by atoms with Gasteiger partial charge < -0.3 is 9.47 Å². The molecule has 262 valence electrons. The van der Waals surface area contributed by atoms with Gasteiger partial charge in [0.1, 0.15) is 11.6 Å². The van der Waals surface area contributed by atoms with E-state index in [9.17, 15) is 35.1 Å². The van der Waals surface area contributed by atoms with E-state index in [2.05, 4.69) is 23.7 Å². The normalized spacial score (nSPS) is 10.9. The summed E-state index contributed by atoms with van der Waals surface area (Å²) in [6.45, 7) is 4.25. The first kappa shape index (κ1) is 38.2. The van der Waals surface area contributed by atoms with Gasteiger partial charge in [-0.15, -0.1) is 0 Å². The van der Waals surface area contributed by atoms with Crippen LogP contribution in [-0.2, 0) is 9.47 Å². The molecular formula is C40H34F8O2. The van der Waals surface area contributed by atoms with Crippen LogP contribution in [0.15, 0.2) is 60.7 Å². The molecule has 0 aliphatic rings. The molecular weight excluding hydrogens is 664 g/mol. The zero-order valence-electron chi connectivity index (χ0n) is 27.3. The van der Waals surface area contributed by atoms with Crippen LogP contribution >= 0.6 is 0 Å². The van der Waals surface area contributed by atoms with E-state index in [0.29, 0.717) is 50.4 Å². The van der Waals surface area contributed by atoms with E-state index >= 15 is 0 Å². The van der Waals surface area contributed by atoms with Crippen molar-refractivity contribution >= 4 is 0 Å². The minimum atomic E-state index is -1.60. The smallest absolute Gasteiger partial charge is 0.194 e. The second-order valence-corrected chi connectivity index (χ2v) is 11.7. The average molecular weight is 699 g/mol. The summed E-state index contributed by atoms with van der Waals surface area (Å²) in [5, 5.41) is 0. The zero-order valence-corrected chi connectivity index (χ0v) is 27.3. The molecule has 0 amide bonds. The van der Waals surface area contributed by atoms with E-state index in [0.717, 1.165) is 49.9 Å². The van der Waals surface area contributed by atoms with Gasteiger partial charge in [-0.2, -0.15) is 0 Å². The van der Waals surface area contributed by atoms with Crippen LogP contribution in [0.1, 0.15) is 56.6 Å². The highest BCUT2D eigenvalue weighted by atomic mass is 19.2. The van der Waals surface area contributed by atoms with Gasteiger partial charge in [-0.3, -0.25) is 0 Å². The first-order valence-corrected chi connectivity index (χ1v) is 16.1. The van der Waals surface area contributed by atoms with Crippen molar-refractivity contribution in [1.82, 2.24) is 0 Å². The van der Waals surface area contributed by atoms with Crippen molar-refractivity contribution in [1.29, 1.82) is 0 Å². The largest absolute Gasteiger partial charge is 0.381 e. The molecule has 0 spiro atoms. The number of hydrogen-bond acceptors (Lipinski definition) is 2. The Balaban J connectivity index is 1.04. The standard InChI is InChI=1S/C40H34F8O2/c1-26(24-49-16-8-4-2-6-10-27-12-14-31(33(41)18-27)29-20-35(43)39(47)36(44)21-29)25-50-17-9-5-3-7-11-28-13-15-32(34(42)19-28)30-22-37(45)40(48)38(46)23-30/h12-15,18-23,26H,2-5,8-9,16-17,24-25H2,1H3. The summed E-state index contributed by atoms with van der Waals surface area (Å²) in [5.41, 5.74) is 0.506. The minimum absolute atomic E-state index is 0.0556. The average Bonchev–Trinajstić information content (AvgIpc) is 3.08. The van der Waals surface area contributed by atoms with Gasteiger partial charge in [-0.05, 0) is 85.3 Å². The van der Waals surface area contributed by atoms with Crippen LogP contribution in [0.3, 0.4) is 0 Å². The van der Waals surface area contributed by atoms with Crippen molar-refractivity contribution in [3.05, 3.63) is 118 Å². The van der Waals surface area contributed by atoms with E-state index in [4.69, 9.17) is 9.47 Å². The molecule has 0 saturated heterocycles. The highest BCUT2D eigenvalue weighted by molar-refractivity contribution is 5.66. The third-order valence-corrected chi connectivity index (χ3v) is 7.48. The Bertz CT molecular complexity index is 1720. The van der Waals surface area contributed by atoms with Crippen molar-refractivity contribution in [2.75, 3.05) is 26.4 Å². The Hall–Kier alpha value is -4.64. The fourth-order valence-corrected chi connectivity index (χ4v) is 4.86. The van der Waals surface area contributed by atoms with Gasteiger partial charge in [0.15, 0.2) is 34.9 Å². The van der Waals surface area contributed by atoms with Gasteiger partial charge >= 0.3 is 0 Å². The van der Waals surface area contributed by atoms with Gasteiger partial charge in [0, 0.05) is 54.2 Å². The summed E-state index contributed by atoms with van der Waals surface area (Å²) in [6.07, 6.45) is 4.32. The van der Waals surface area contributed by atoms with Gasteiger partial charge in [0.25, 0.3) is 0 Å². The third-order valence-electron chi connectivity index (χ3n) is 7.48. The Morgan fingerprint density at radius 2 is 0.880 bits per heavy atom. The second-order valence-electron chi connectivity index (χ2n) is 11.7. The molecule has 2 nitrogen and oxygen atoms in total. The van der Waals surface area contributed by atoms with Crippen molar-refractivity contribution in [2.24, 2.45) is 5.92 Å². The number of benzene rings is 4. The summed E-state index contributed by atoms with van der Waals surface area (Å²) < 4.78 is 121. The topological polar surface area (TPSA) is 18.5 Å². The molecule has 0 aliphatic heterocycles. The maximum atomic E-state index is 14.5. The third kappa shape index (κ3) is 11.2. The predicted octanol–water partition coefficient (Wildman–Crippen LogP) is 10.5. The quantitative estimate of drug-likeness (QED) is 0.0565. The molecule has 0 bridgehead atoms. The summed E-state index contributed by atoms with van der Waals surface area (Å²) in [5.74, 6) is 1.68. The Morgan fingerprint density at radius 1 is 0.500 bits per heavy atom. The van der Waals surface area contributed by atoms with Crippen molar-refractivity contribution in [3.8, 4) is 45.9 Å². The van der Waals surface area contributed by atoms with E-state index in [-0.39, 0.29) is 28.2 Å². The van der Waals surface area contributed by atoms with E-state index < -0.39 is 46.5 Å². The number of rotatable bonds is 14. The van der Waals surface area contributed by atoms with Crippen LogP contribution in [0.25, 0.3) is 22.3 Å². The number of hydrogen-bond donors (Lipinski definition) is 0. The summed E-state index contributed by atoms with van der Waals surface area (Å²) in [4.78, 5) is 0. The maximum Gasteiger partial charge on any atom is 0.194 e. The molecule has 10 heteroatoms. The highest BCUT2D eigenvalue weighted by Gasteiger charge is 2.15. The molecule has 0 atom stereocenters. The molecule has 4 rings (SSSR count). The van der Waals surface area contributed by atoms with Crippen LogP contribution in [0.4, 0.5) is 35.1 Å². The Morgan fingerprint density at radius 3 is 1.24 bits per heavy atom. The lowest BCUT2D eigenvalue weighted by Gasteiger charge is -2.12. The molecule has 4 aromatic carbocycles. The monoisotopic (exact) mass is 698 g/mol. The molecule has 0 saturated carbocycles. The van der Waals surface area contributed by atoms with Crippen LogP contribution in [0.5, 0.6) is 0 Å². The number of ether oxygens (including phenoxy) is 2. The summed E-state index contributed by atoms with van der Waals surface area (Å²) in [7, 11) is 0.